The van der Waals surface area contributed by atoms with E-state index < -0.39 is 17.7 Å². The van der Waals surface area contributed by atoms with Gasteiger partial charge in [0.05, 0.1) is 42.0 Å². The molecule has 13 heteroatoms. The highest BCUT2D eigenvalue weighted by Crippen LogP contribution is 2.36. The molecule has 1 aliphatic heterocycles. The smallest absolute Gasteiger partial charge is 0.416 e. The van der Waals surface area contributed by atoms with Gasteiger partial charge in [-0.05, 0) is 60.5 Å². The number of carboxylic acid groups (broad SMARTS) is 1. The molecule has 2 aromatic carbocycles. The first-order chi connectivity index (χ1) is 19.5. The Morgan fingerprint density at radius 1 is 1.17 bits per heavy atom. The lowest BCUT2D eigenvalue weighted by Crippen LogP contribution is -2.30. The summed E-state index contributed by atoms with van der Waals surface area (Å²) in [6, 6.07) is 12.7. The van der Waals surface area contributed by atoms with E-state index in [0.717, 1.165) is 23.9 Å². The topological polar surface area (TPSA) is 89.0 Å². The lowest BCUT2D eigenvalue weighted by Gasteiger charge is -2.16. The molecule has 2 heterocycles. The Bertz CT molecular complexity index is 1530. The van der Waals surface area contributed by atoms with Crippen LogP contribution in [-0.2, 0) is 22.2 Å². The lowest BCUT2D eigenvalue weighted by molar-refractivity contribution is -0.138. The molecule has 0 saturated carbocycles. The van der Waals surface area contributed by atoms with E-state index in [1.165, 1.54) is 30.2 Å². The molecule has 1 aliphatic rings. The zero-order valence-corrected chi connectivity index (χ0v) is 23.8. The van der Waals surface area contributed by atoms with E-state index in [1.807, 2.05) is 0 Å². The number of benzene rings is 2. The summed E-state index contributed by atoms with van der Waals surface area (Å²) in [7, 11) is 1.48. The predicted octanol–water partition coefficient (Wildman–Crippen LogP) is 6.73. The van der Waals surface area contributed by atoms with Gasteiger partial charge in [-0.15, -0.1) is 0 Å². The molecule has 1 fully saturated rings. The molecule has 0 aliphatic carbocycles. The third kappa shape index (κ3) is 7.57. The monoisotopic (exact) mass is 622 g/mol. The van der Waals surface area contributed by atoms with E-state index in [9.17, 15) is 22.8 Å². The van der Waals surface area contributed by atoms with Crippen LogP contribution in [0.3, 0.4) is 0 Å². The molecule has 3 aromatic rings. The predicted molar refractivity (Wildman–Crippen MR) is 154 cm³/mol. The maximum atomic E-state index is 13.2. The van der Waals surface area contributed by atoms with E-state index in [-0.39, 0.29) is 41.8 Å². The molecule has 1 aromatic heterocycles. The van der Waals surface area contributed by atoms with Gasteiger partial charge >= 0.3 is 12.1 Å². The number of pyridine rings is 1. The molecule has 1 saturated heterocycles. The summed E-state index contributed by atoms with van der Waals surface area (Å²) >= 11 is 12.6. The summed E-state index contributed by atoms with van der Waals surface area (Å²) in [6.45, 7) is 0.483. The van der Waals surface area contributed by atoms with Gasteiger partial charge in [0, 0.05) is 17.1 Å². The van der Waals surface area contributed by atoms with Crippen LogP contribution in [0, 0.1) is 0 Å². The zero-order valence-electron chi connectivity index (χ0n) is 21.4. The molecule has 214 valence electrons. The molecule has 0 radical (unpaired) electrons. The number of amides is 1. The molecule has 0 bridgehead atoms. The van der Waals surface area contributed by atoms with Crippen LogP contribution in [0.15, 0.2) is 59.5 Å². The van der Waals surface area contributed by atoms with Crippen molar-refractivity contribution >= 4 is 57.9 Å². The van der Waals surface area contributed by atoms with Crippen LogP contribution >= 0.6 is 35.6 Å². The number of methoxy groups -OCH3 is 1. The summed E-state index contributed by atoms with van der Waals surface area (Å²) < 4.78 is 51.0. The van der Waals surface area contributed by atoms with Gasteiger partial charge < -0.3 is 14.6 Å². The molecular formula is C28H22ClF3N2O5S2. The Labute approximate surface area is 247 Å². The Hall–Kier alpha value is -3.61. The standard InChI is InChI=1S/C28H22ClF3N2O5S2/c1-38-22-9-6-16(13-25(35)36)12-23(22)39-11-3-10-34-26(37)24(41-27(34)40)15-18-4-2-5-21(33-18)19-14-17(28(30,31)32)7-8-20(19)29/h2,4-9,12,14-15H,3,10-11,13H2,1H3,(H,35,36)/b24-15-. The number of carbonyl (C=O) groups excluding carboxylic acids is 1. The molecule has 0 atom stereocenters. The first-order valence-electron chi connectivity index (χ1n) is 12.1. The number of alkyl halides is 3. The Kier molecular flexibility index (Phi) is 9.57. The van der Waals surface area contributed by atoms with Gasteiger partial charge in [-0.25, -0.2) is 4.98 Å². The highest BCUT2D eigenvalue weighted by Gasteiger charge is 2.32. The fourth-order valence-electron chi connectivity index (χ4n) is 3.93. The van der Waals surface area contributed by atoms with Gasteiger partial charge in [0.1, 0.15) is 4.32 Å². The molecule has 1 N–H and O–H groups in total. The van der Waals surface area contributed by atoms with Crippen LogP contribution in [0.25, 0.3) is 17.3 Å². The number of hydrogen-bond donors (Lipinski definition) is 1. The number of hydrogen-bond acceptors (Lipinski definition) is 7. The molecule has 41 heavy (non-hydrogen) atoms. The van der Waals surface area contributed by atoms with Crippen molar-refractivity contribution in [2.75, 3.05) is 20.3 Å². The van der Waals surface area contributed by atoms with Crippen molar-refractivity contribution in [2.24, 2.45) is 0 Å². The summed E-state index contributed by atoms with van der Waals surface area (Å²) in [6.07, 6.45) is -2.74. The second kappa shape index (κ2) is 12.9. The molecular weight excluding hydrogens is 601 g/mol. The summed E-state index contributed by atoms with van der Waals surface area (Å²) in [5.41, 5.74) is 0.414. The second-order valence-electron chi connectivity index (χ2n) is 8.73. The van der Waals surface area contributed by atoms with E-state index in [1.54, 1.807) is 30.3 Å². The fourth-order valence-corrected chi connectivity index (χ4v) is 5.44. The largest absolute Gasteiger partial charge is 0.493 e. The SMILES string of the molecule is COc1ccc(CC(=O)O)cc1OCCCN1C(=O)/C(=C/c2cccc(-c3cc(C(F)(F)F)ccc3Cl)n2)SC1=S. The first kappa shape index (κ1) is 30.4. The summed E-state index contributed by atoms with van der Waals surface area (Å²) in [5, 5.41) is 9.14. The van der Waals surface area contributed by atoms with Crippen molar-refractivity contribution in [3.05, 3.63) is 81.3 Å². The van der Waals surface area contributed by atoms with Crippen molar-refractivity contribution in [3.8, 4) is 22.8 Å². The number of nitrogens with zero attached hydrogens (tertiary/aromatic N) is 2. The number of aliphatic carboxylic acids is 1. The molecule has 7 nitrogen and oxygen atoms in total. The number of rotatable bonds is 10. The number of carboxylic acids is 1. The third-order valence-corrected chi connectivity index (χ3v) is 7.57. The van der Waals surface area contributed by atoms with E-state index in [2.05, 4.69) is 4.98 Å². The van der Waals surface area contributed by atoms with Crippen molar-refractivity contribution < 1.29 is 37.3 Å². The number of thioether (sulfide) groups is 1. The Balaban J connectivity index is 1.42. The van der Waals surface area contributed by atoms with Crippen LogP contribution in [0.1, 0.15) is 23.2 Å². The average Bonchev–Trinajstić information content (AvgIpc) is 3.17. The highest BCUT2D eigenvalue weighted by atomic mass is 35.5. The van der Waals surface area contributed by atoms with E-state index >= 15 is 0 Å². The number of aromatic nitrogens is 1. The molecule has 0 spiro atoms. The third-order valence-electron chi connectivity index (χ3n) is 5.86. The quantitative estimate of drug-likeness (QED) is 0.151. The molecule has 1 amide bonds. The van der Waals surface area contributed by atoms with Gasteiger partial charge in [0.25, 0.3) is 5.91 Å². The van der Waals surface area contributed by atoms with Crippen molar-refractivity contribution in [1.29, 1.82) is 0 Å². The van der Waals surface area contributed by atoms with Gasteiger partial charge in [0.15, 0.2) is 11.5 Å². The Morgan fingerprint density at radius 3 is 2.66 bits per heavy atom. The number of ether oxygens (including phenoxy) is 2. The minimum Gasteiger partial charge on any atom is -0.493 e. The van der Waals surface area contributed by atoms with Gasteiger partial charge in [-0.1, -0.05) is 47.7 Å². The normalized spacial score (nSPS) is 14.6. The van der Waals surface area contributed by atoms with Crippen LogP contribution < -0.4 is 9.47 Å². The number of carbonyl (C=O) groups is 2. The minimum atomic E-state index is -4.54. The average molecular weight is 623 g/mol. The molecule has 0 unspecified atom stereocenters. The van der Waals surface area contributed by atoms with Gasteiger partial charge in [-0.2, -0.15) is 13.2 Å². The van der Waals surface area contributed by atoms with Gasteiger partial charge in [0.2, 0.25) is 0 Å². The molecule has 4 rings (SSSR count). The minimum absolute atomic E-state index is 0.113. The number of halogens is 4. The number of thiocarbonyl (C=S) groups is 1. The maximum Gasteiger partial charge on any atom is 0.416 e. The fraction of sp³-hybridized carbons (Fsp3) is 0.214. The summed E-state index contributed by atoms with van der Waals surface area (Å²) in [5.74, 6) is -0.451. The Morgan fingerprint density at radius 2 is 1.95 bits per heavy atom. The lowest BCUT2D eigenvalue weighted by atomic mass is 10.1. The van der Waals surface area contributed by atoms with Crippen molar-refractivity contribution in [2.45, 2.75) is 19.0 Å². The summed E-state index contributed by atoms with van der Waals surface area (Å²) in [4.78, 5) is 30.2. The van der Waals surface area contributed by atoms with Crippen LogP contribution in [0.2, 0.25) is 5.02 Å². The van der Waals surface area contributed by atoms with Crippen LogP contribution in [0.5, 0.6) is 11.5 Å². The van der Waals surface area contributed by atoms with Crippen molar-refractivity contribution in [1.82, 2.24) is 9.88 Å². The van der Waals surface area contributed by atoms with Crippen LogP contribution in [-0.4, -0.2) is 51.4 Å². The zero-order chi connectivity index (χ0) is 29.7. The van der Waals surface area contributed by atoms with E-state index in [4.69, 9.17) is 38.4 Å². The second-order valence-corrected chi connectivity index (χ2v) is 10.8. The van der Waals surface area contributed by atoms with Crippen molar-refractivity contribution in [3.63, 3.8) is 0 Å². The van der Waals surface area contributed by atoms with E-state index in [0.29, 0.717) is 38.4 Å². The first-order valence-corrected chi connectivity index (χ1v) is 13.7. The highest BCUT2D eigenvalue weighted by molar-refractivity contribution is 8.26. The maximum absolute atomic E-state index is 13.2. The van der Waals surface area contributed by atoms with Gasteiger partial charge in [-0.3, -0.25) is 14.5 Å². The van der Waals surface area contributed by atoms with Crippen LogP contribution in [0.4, 0.5) is 13.2 Å².